The number of aromatic nitrogens is 4. The van der Waals surface area contributed by atoms with E-state index in [0.717, 1.165) is 22.0 Å². The van der Waals surface area contributed by atoms with Crippen molar-refractivity contribution < 1.29 is 4.79 Å². The smallest absolute Gasteiger partial charge is 0.277 e. The van der Waals surface area contributed by atoms with Crippen molar-refractivity contribution in [3.8, 4) is 0 Å². The molecular weight excluding hydrogens is 310 g/mol. The summed E-state index contributed by atoms with van der Waals surface area (Å²) in [7, 11) is 1.92. The first-order valence-electron chi connectivity index (χ1n) is 7.61. The first-order chi connectivity index (χ1) is 10.4. The van der Waals surface area contributed by atoms with Crippen molar-refractivity contribution in [2.24, 2.45) is 7.05 Å². The Morgan fingerprint density at radius 1 is 1.13 bits per heavy atom. The average molecular weight is 335 g/mol. The fraction of sp³-hybridized carbons (Fsp3) is 0.625. The summed E-state index contributed by atoms with van der Waals surface area (Å²) in [6.07, 6.45) is 0. The van der Waals surface area contributed by atoms with Gasteiger partial charge in [-0.2, -0.15) is 5.10 Å². The number of rotatable bonds is 2. The number of carbonyl (C=O) groups excluding carboxylic acids is 1. The second kappa shape index (κ2) is 5.70. The molecule has 0 atom stereocenters. The minimum Gasteiger partial charge on any atom is -0.317 e. The molecule has 23 heavy (non-hydrogen) atoms. The van der Waals surface area contributed by atoms with Gasteiger partial charge in [0.15, 0.2) is 5.69 Å². The van der Waals surface area contributed by atoms with Crippen LogP contribution >= 0.6 is 11.5 Å². The van der Waals surface area contributed by atoms with Crippen LogP contribution in [0.4, 0.5) is 5.69 Å². The van der Waals surface area contributed by atoms with Crippen molar-refractivity contribution in [2.75, 3.05) is 5.32 Å². The van der Waals surface area contributed by atoms with Gasteiger partial charge in [0.05, 0.1) is 22.0 Å². The van der Waals surface area contributed by atoms with E-state index in [2.05, 4.69) is 61.5 Å². The standard InChI is InChI=1S/C16H25N5OS/c1-9-10(18-20-23-9)14(22)17-11-12(15(2,3)4)19-21(8)13(11)16(5,6)7/h1-8H3,(H,17,22). The minimum absolute atomic E-state index is 0.150. The maximum Gasteiger partial charge on any atom is 0.277 e. The number of nitrogens with one attached hydrogen (secondary N) is 1. The van der Waals surface area contributed by atoms with Crippen molar-refractivity contribution in [1.82, 2.24) is 19.4 Å². The summed E-state index contributed by atoms with van der Waals surface area (Å²) in [6.45, 7) is 14.5. The number of aryl methyl sites for hydroxylation is 2. The van der Waals surface area contributed by atoms with Gasteiger partial charge in [-0.15, -0.1) is 5.10 Å². The molecule has 0 aliphatic rings. The van der Waals surface area contributed by atoms with Crippen LogP contribution in [0.5, 0.6) is 0 Å². The first-order valence-corrected chi connectivity index (χ1v) is 8.38. The molecule has 0 saturated carbocycles. The minimum atomic E-state index is -0.236. The predicted molar refractivity (Wildman–Crippen MR) is 93.2 cm³/mol. The fourth-order valence-corrected chi connectivity index (χ4v) is 3.11. The largest absolute Gasteiger partial charge is 0.317 e. The van der Waals surface area contributed by atoms with E-state index in [1.165, 1.54) is 11.5 Å². The Balaban J connectivity index is 2.55. The Morgan fingerprint density at radius 3 is 2.17 bits per heavy atom. The molecule has 0 aliphatic carbocycles. The molecule has 2 aromatic rings. The molecule has 2 rings (SSSR count). The monoisotopic (exact) mass is 335 g/mol. The molecule has 0 aliphatic heterocycles. The third-order valence-corrected chi connectivity index (χ3v) is 4.20. The van der Waals surface area contributed by atoms with Crippen molar-refractivity contribution in [3.05, 3.63) is 22.0 Å². The molecule has 0 fully saturated rings. The lowest BCUT2D eigenvalue weighted by Crippen LogP contribution is -2.23. The molecule has 2 aromatic heterocycles. The highest BCUT2D eigenvalue weighted by molar-refractivity contribution is 7.05. The Morgan fingerprint density at radius 2 is 1.74 bits per heavy atom. The molecule has 0 unspecified atom stereocenters. The number of amides is 1. The van der Waals surface area contributed by atoms with Crippen LogP contribution in [-0.4, -0.2) is 25.3 Å². The zero-order chi connectivity index (χ0) is 17.6. The van der Waals surface area contributed by atoms with Crippen LogP contribution in [0.3, 0.4) is 0 Å². The summed E-state index contributed by atoms with van der Waals surface area (Å²) in [5.41, 5.74) is 2.70. The van der Waals surface area contributed by atoms with Gasteiger partial charge in [-0.25, -0.2) is 0 Å². The van der Waals surface area contributed by atoms with Gasteiger partial charge in [0.25, 0.3) is 5.91 Å². The van der Waals surface area contributed by atoms with Crippen molar-refractivity contribution in [2.45, 2.75) is 59.3 Å². The molecule has 126 valence electrons. The number of hydrogen-bond donors (Lipinski definition) is 1. The summed E-state index contributed by atoms with van der Waals surface area (Å²) in [4.78, 5) is 13.4. The van der Waals surface area contributed by atoms with Gasteiger partial charge in [0, 0.05) is 17.9 Å². The van der Waals surface area contributed by atoms with Crippen molar-refractivity contribution in [1.29, 1.82) is 0 Å². The highest BCUT2D eigenvalue weighted by Crippen LogP contribution is 2.37. The fourth-order valence-electron chi connectivity index (χ4n) is 2.64. The van der Waals surface area contributed by atoms with Gasteiger partial charge in [0.1, 0.15) is 0 Å². The van der Waals surface area contributed by atoms with Gasteiger partial charge >= 0.3 is 0 Å². The first kappa shape index (κ1) is 17.6. The number of carbonyl (C=O) groups is 1. The van der Waals surface area contributed by atoms with Crippen LogP contribution in [-0.2, 0) is 17.9 Å². The molecule has 6 nitrogen and oxygen atoms in total. The Bertz CT molecular complexity index is 731. The normalized spacial score (nSPS) is 12.5. The van der Waals surface area contributed by atoms with E-state index in [4.69, 9.17) is 0 Å². The summed E-state index contributed by atoms with van der Waals surface area (Å²) >= 11 is 1.23. The summed E-state index contributed by atoms with van der Waals surface area (Å²) in [5.74, 6) is -0.236. The highest BCUT2D eigenvalue weighted by atomic mass is 32.1. The van der Waals surface area contributed by atoms with Gasteiger partial charge < -0.3 is 5.32 Å². The number of nitrogens with zero attached hydrogens (tertiary/aromatic N) is 4. The van der Waals surface area contributed by atoms with E-state index in [-0.39, 0.29) is 16.7 Å². The van der Waals surface area contributed by atoms with E-state index in [9.17, 15) is 4.79 Å². The lowest BCUT2D eigenvalue weighted by Gasteiger charge is -2.23. The molecule has 2 heterocycles. The molecule has 0 saturated heterocycles. The molecule has 0 spiro atoms. The second-order valence-corrected chi connectivity index (χ2v) is 8.79. The molecule has 0 bridgehead atoms. The summed E-state index contributed by atoms with van der Waals surface area (Å²) in [6, 6.07) is 0. The maximum absolute atomic E-state index is 12.6. The summed E-state index contributed by atoms with van der Waals surface area (Å²) < 4.78 is 5.71. The lowest BCUT2D eigenvalue weighted by molar-refractivity contribution is 0.102. The van der Waals surface area contributed by atoms with Crippen LogP contribution in [0.1, 0.15) is 68.3 Å². The average Bonchev–Trinajstić information content (AvgIpc) is 2.91. The molecule has 0 aromatic carbocycles. The van der Waals surface area contributed by atoms with Crippen molar-refractivity contribution >= 4 is 23.1 Å². The molecule has 7 heteroatoms. The summed E-state index contributed by atoms with van der Waals surface area (Å²) in [5, 5.41) is 11.6. The lowest BCUT2D eigenvalue weighted by atomic mass is 9.85. The van der Waals surface area contributed by atoms with Crippen LogP contribution in [0.2, 0.25) is 0 Å². The number of hydrogen-bond acceptors (Lipinski definition) is 5. The van der Waals surface area contributed by atoms with E-state index in [0.29, 0.717) is 5.69 Å². The Hall–Kier alpha value is -1.76. The Kier molecular flexibility index (Phi) is 4.36. The highest BCUT2D eigenvalue weighted by Gasteiger charge is 2.32. The van der Waals surface area contributed by atoms with Gasteiger partial charge in [-0.05, 0) is 18.5 Å². The van der Waals surface area contributed by atoms with Crippen molar-refractivity contribution in [3.63, 3.8) is 0 Å². The van der Waals surface area contributed by atoms with Crippen LogP contribution in [0.25, 0.3) is 0 Å². The zero-order valence-corrected chi connectivity index (χ0v) is 15.9. The zero-order valence-electron chi connectivity index (χ0n) is 15.1. The topological polar surface area (TPSA) is 72.7 Å². The van der Waals surface area contributed by atoms with E-state index in [1.807, 2.05) is 18.7 Å². The van der Waals surface area contributed by atoms with Crippen LogP contribution in [0, 0.1) is 6.92 Å². The third-order valence-electron chi connectivity index (χ3n) is 3.57. The van der Waals surface area contributed by atoms with Crippen LogP contribution in [0.15, 0.2) is 0 Å². The SMILES string of the molecule is Cc1snnc1C(=O)Nc1c(C(C)(C)C)nn(C)c1C(C)(C)C. The van der Waals surface area contributed by atoms with Gasteiger partial charge in [-0.3, -0.25) is 9.48 Å². The molecule has 1 amide bonds. The predicted octanol–water partition coefficient (Wildman–Crippen LogP) is 3.43. The third kappa shape index (κ3) is 3.44. The van der Waals surface area contributed by atoms with E-state index in [1.54, 1.807) is 0 Å². The second-order valence-electron chi connectivity index (χ2n) is 7.83. The maximum atomic E-state index is 12.6. The molecule has 1 N–H and O–H groups in total. The van der Waals surface area contributed by atoms with Gasteiger partial charge in [0.2, 0.25) is 0 Å². The quantitative estimate of drug-likeness (QED) is 0.912. The Labute approximate surface area is 141 Å². The van der Waals surface area contributed by atoms with E-state index >= 15 is 0 Å². The molecule has 0 radical (unpaired) electrons. The van der Waals surface area contributed by atoms with E-state index < -0.39 is 0 Å². The number of anilines is 1. The van der Waals surface area contributed by atoms with Crippen LogP contribution < -0.4 is 5.32 Å². The van der Waals surface area contributed by atoms with Gasteiger partial charge in [-0.1, -0.05) is 46.0 Å². The molecular formula is C16H25N5OS.